The fourth-order valence-corrected chi connectivity index (χ4v) is 2.91. The molecule has 0 unspecified atom stereocenters. The van der Waals surface area contributed by atoms with Crippen LogP contribution in [0.5, 0.6) is 0 Å². The Bertz CT molecular complexity index is 994. The summed E-state index contributed by atoms with van der Waals surface area (Å²) < 4.78 is 0. The third kappa shape index (κ3) is 2.97. The molecular formula is C21H17N3. The predicted octanol–water partition coefficient (Wildman–Crippen LogP) is 4.47. The average molecular weight is 311 g/mol. The van der Waals surface area contributed by atoms with Crippen LogP contribution in [0.25, 0.3) is 22.0 Å². The molecule has 0 bridgehead atoms. The van der Waals surface area contributed by atoms with Crippen LogP contribution in [0.4, 0.5) is 5.95 Å². The molecule has 24 heavy (non-hydrogen) atoms. The summed E-state index contributed by atoms with van der Waals surface area (Å²) in [5, 5.41) is 2.41. The van der Waals surface area contributed by atoms with Crippen molar-refractivity contribution in [1.29, 1.82) is 0 Å². The Balaban J connectivity index is 1.74. The van der Waals surface area contributed by atoms with E-state index in [2.05, 4.69) is 52.4 Å². The Labute approximate surface area is 140 Å². The number of aromatic nitrogens is 2. The van der Waals surface area contributed by atoms with E-state index < -0.39 is 0 Å². The fourth-order valence-electron chi connectivity index (χ4n) is 2.91. The van der Waals surface area contributed by atoms with E-state index in [-0.39, 0.29) is 0 Å². The third-order valence-electron chi connectivity index (χ3n) is 4.07. The molecule has 0 spiro atoms. The molecule has 0 amide bonds. The summed E-state index contributed by atoms with van der Waals surface area (Å²) in [7, 11) is 0. The molecule has 3 aromatic carbocycles. The molecule has 0 saturated heterocycles. The Morgan fingerprint density at radius 3 is 2.29 bits per heavy atom. The minimum absolute atomic E-state index is 0.312. The minimum Gasteiger partial charge on any atom is -0.368 e. The largest absolute Gasteiger partial charge is 0.368 e. The number of rotatable bonds is 3. The molecule has 0 radical (unpaired) electrons. The number of nitrogens with zero attached hydrogens (tertiary/aromatic N) is 2. The molecule has 0 fully saturated rings. The second-order valence-electron chi connectivity index (χ2n) is 5.83. The van der Waals surface area contributed by atoms with E-state index in [4.69, 9.17) is 5.73 Å². The van der Waals surface area contributed by atoms with Crippen molar-refractivity contribution in [2.24, 2.45) is 0 Å². The van der Waals surface area contributed by atoms with Gasteiger partial charge in [0.05, 0.1) is 11.4 Å². The van der Waals surface area contributed by atoms with Gasteiger partial charge in [-0.1, -0.05) is 66.7 Å². The lowest BCUT2D eigenvalue weighted by molar-refractivity contribution is 1.04. The highest BCUT2D eigenvalue weighted by atomic mass is 15.0. The molecule has 1 aromatic heterocycles. The van der Waals surface area contributed by atoms with Gasteiger partial charge in [-0.3, -0.25) is 0 Å². The van der Waals surface area contributed by atoms with E-state index >= 15 is 0 Å². The first-order chi connectivity index (χ1) is 11.8. The highest BCUT2D eigenvalue weighted by Gasteiger charge is 2.07. The first-order valence-electron chi connectivity index (χ1n) is 7.94. The molecule has 2 N–H and O–H groups in total. The Morgan fingerprint density at radius 1 is 0.708 bits per heavy atom. The molecule has 0 saturated carbocycles. The van der Waals surface area contributed by atoms with Crippen molar-refractivity contribution < 1.29 is 0 Å². The van der Waals surface area contributed by atoms with Crippen LogP contribution in [-0.4, -0.2) is 9.97 Å². The maximum absolute atomic E-state index is 5.94. The number of nitrogens with two attached hydrogens (primary N) is 1. The molecule has 1 heterocycles. The van der Waals surface area contributed by atoms with Crippen molar-refractivity contribution in [3.05, 3.63) is 90.1 Å². The van der Waals surface area contributed by atoms with Crippen LogP contribution in [0.15, 0.2) is 78.9 Å². The van der Waals surface area contributed by atoms with Crippen molar-refractivity contribution in [1.82, 2.24) is 9.97 Å². The monoisotopic (exact) mass is 311 g/mol. The van der Waals surface area contributed by atoms with Crippen molar-refractivity contribution in [3.63, 3.8) is 0 Å². The number of hydrogen-bond donors (Lipinski definition) is 1. The van der Waals surface area contributed by atoms with Crippen LogP contribution < -0.4 is 5.73 Å². The Kier molecular flexibility index (Phi) is 3.67. The lowest BCUT2D eigenvalue weighted by atomic mass is 10.0. The molecular weight excluding hydrogens is 294 g/mol. The van der Waals surface area contributed by atoms with Gasteiger partial charge < -0.3 is 5.73 Å². The molecule has 0 atom stereocenters. The summed E-state index contributed by atoms with van der Waals surface area (Å²) in [4.78, 5) is 8.80. The predicted molar refractivity (Wildman–Crippen MR) is 98.6 cm³/mol. The van der Waals surface area contributed by atoms with Crippen LogP contribution in [0, 0.1) is 0 Å². The molecule has 3 nitrogen and oxygen atoms in total. The van der Waals surface area contributed by atoms with E-state index in [1.807, 2.05) is 36.4 Å². The Morgan fingerprint density at radius 2 is 1.46 bits per heavy atom. The van der Waals surface area contributed by atoms with Crippen LogP contribution in [0.1, 0.15) is 11.3 Å². The van der Waals surface area contributed by atoms with Crippen molar-refractivity contribution >= 4 is 16.7 Å². The number of nitrogen functional groups attached to an aromatic ring is 1. The molecule has 4 aromatic rings. The third-order valence-corrected chi connectivity index (χ3v) is 4.07. The first-order valence-corrected chi connectivity index (χ1v) is 7.94. The van der Waals surface area contributed by atoms with Gasteiger partial charge in [-0.25, -0.2) is 9.97 Å². The number of fused-ring (bicyclic) bond motifs is 1. The quantitative estimate of drug-likeness (QED) is 0.607. The second kappa shape index (κ2) is 6.13. The second-order valence-corrected chi connectivity index (χ2v) is 5.83. The van der Waals surface area contributed by atoms with Gasteiger partial charge in [0.2, 0.25) is 5.95 Å². The van der Waals surface area contributed by atoms with Gasteiger partial charge in [0.25, 0.3) is 0 Å². The average Bonchev–Trinajstić information content (AvgIpc) is 2.62. The van der Waals surface area contributed by atoms with E-state index in [0.717, 1.165) is 23.4 Å². The highest BCUT2D eigenvalue weighted by Crippen LogP contribution is 2.24. The fraction of sp³-hybridized carbons (Fsp3) is 0.0476. The van der Waals surface area contributed by atoms with Gasteiger partial charge in [0.1, 0.15) is 0 Å². The van der Waals surface area contributed by atoms with Crippen LogP contribution >= 0.6 is 0 Å². The highest BCUT2D eigenvalue weighted by molar-refractivity contribution is 5.86. The van der Waals surface area contributed by atoms with Crippen molar-refractivity contribution in [2.45, 2.75) is 6.42 Å². The number of hydrogen-bond acceptors (Lipinski definition) is 3. The summed E-state index contributed by atoms with van der Waals surface area (Å²) >= 11 is 0. The van der Waals surface area contributed by atoms with Crippen LogP contribution in [0.2, 0.25) is 0 Å². The van der Waals surface area contributed by atoms with Crippen LogP contribution in [-0.2, 0) is 6.42 Å². The van der Waals surface area contributed by atoms with Gasteiger partial charge in [0.15, 0.2) is 0 Å². The summed E-state index contributed by atoms with van der Waals surface area (Å²) in [5.74, 6) is 0.312. The topological polar surface area (TPSA) is 51.8 Å². The summed E-state index contributed by atoms with van der Waals surface area (Å²) in [5.41, 5.74) is 9.99. The minimum atomic E-state index is 0.312. The zero-order valence-corrected chi connectivity index (χ0v) is 13.2. The number of anilines is 1. The van der Waals surface area contributed by atoms with E-state index in [0.29, 0.717) is 5.95 Å². The maximum Gasteiger partial charge on any atom is 0.220 e. The molecule has 0 aliphatic rings. The van der Waals surface area contributed by atoms with E-state index in [1.165, 1.54) is 16.3 Å². The summed E-state index contributed by atoms with van der Waals surface area (Å²) in [6.07, 6.45) is 0.744. The summed E-state index contributed by atoms with van der Waals surface area (Å²) in [6.45, 7) is 0. The van der Waals surface area contributed by atoms with Gasteiger partial charge in [-0.15, -0.1) is 0 Å². The lowest BCUT2D eigenvalue weighted by Gasteiger charge is -2.07. The van der Waals surface area contributed by atoms with Crippen molar-refractivity contribution in [3.8, 4) is 11.3 Å². The molecule has 4 rings (SSSR count). The zero-order valence-electron chi connectivity index (χ0n) is 13.2. The first kappa shape index (κ1) is 14.4. The van der Waals surface area contributed by atoms with Gasteiger partial charge in [0, 0.05) is 12.0 Å². The van der Waals surface area contributed by atoms with Gasteiger partial charge in [-0.2, -0.15) is 0 Å². The SMILES string of the molecule is Nc1nc(Cc2ccccc2)cc(-c2ccc3ccccc3c2)n1. The van der Waals surface area contributed by atoms with Gasteiger partial charge in [-0.05, 0) is 28.5 Å². The lowest BCUT2D eigenvalue weighted by Crippen LogP contribution is -2.01. The van der Waals surface area contributed by atoms with Crippen molar-refractivity contribution in [2.75, 3.05) is 5.73 Å². The van der Waals surface area contributed by atoms with E-state index in [9.17, 15) is 0 Å². The molecule has 116 valence electrons. The summed E-state index contributed by atoms with van der Waals surface area (Å²) in [6, 6.07) is 26.9. The zero-order chi connectivity index (χ0) is 16.4. The van der Waals surface area contributed by atoms with Gasteiger partial charge >= 0.3 is 0 Å². The molecule has 0 aliphatic carbocycles. The Hall–Kier alpha value is -3.20. The maximum atomic E-state index is 5.94. The normalized spacial score (nSPS) is 10.8. The molecule has 3 heteroatoms. The van der Waals surface area contributed by atoms with Crippen LogP contribution in [0.3, 0.4) is 0 Å². The molecule has 0 aliphatic heterocycles. The van der Waals surface area contributed by atoms with E-state index in [1.54, 1.807) is 0 Å². The number of benzene rings is 3. The standard InChI is InChI=1S/C21H17N3/c22-21-23-19(12-15-6-2-1-3-7-15)14-20(24-21)18-11-10-16-8-4-5-9-17(16)13-18/h1-11,13-14H,12H2,(H2,22,23,24). The smallest absolute Gasteiger partial charge is 0.220 e.